The number of halogens is 2. The van der Waals surface area contributed by atoms with Crippen LogP contribution in [-0.4, -0.2) is 20.2 Å². The molecule has 16 heavy (non-hydrogen) atoms. The van der Waals surface area contributed by atoms with Crippen molar-refractivity contribution in [2.24, 2.45) is 5.73 Å². The lowest BCUT2D eigenvalue weighted by molar-refractivity contribution is 0.545. The topological polar surface area (TPSA) is 60.2 Å². The molecule has 1 rings (SSSR count). The van der Waals surface area contributed by atoms with Crippen LogP contribution in [0.15, 0.2) is 23.1 Å². The minimum absolute atomic E-state index is 0.341. The molecule has 0 saturated carbocycles. The molecule has 0 amide bonds. The molecule has 3 nitrogen and oxygen atoms in total. The highest BCUT2D eigenvalue weighted by molar-refractivity contribution is 7.91. The van der Waals surface area contributed by atoms with Crippen molar-refractivity contribution in [3.8, 4) is 0 Å². The van der Waals surface area contributed by atoms with Gasteiger partial charge in [0.1, 0.15) is 16.5 Å². The number of benzene rings is 1. The van der Waals surface area contributed by atoms with Gasteiger partial charge in [-0.1, -0.05) is 6.92 Å². The fraction of sp³-hybridized carbons (Fsp3) is 0.400. The van der Waals surface area contributed by atoms with Crippen molar-refractivity contribution in [3.05, 3.63) is 29.8 Å². The van der Waals surface area contributed by atoms with Crippen LogP contribution in [0.1, 0.15) is 13.3 Å². The molecule has 1 unspecified atom stereocenters. The summed E-state index contributed by atoms with van der Waals surface area (Å²) >= 11 is 0. The van der Waals surface area contributed by atoms with E-state index in [0.717, 1.165) is 12.1 Å². The zero-order valence-corrected chi connectivity index (χ0v) is 9.60. The van der Waals surface area contributed by atoms with E-state index in [1.807, 2.05) is 0 Å². The second-order valence-electron chi connectivity index (χ2n) is 3.52. The molecule has 0 radical (unpaired) electrons. The van der Waals surface area contributed by atoms with Gasteiger partial charge in [-0.2, -0.15) is 0 Å². The third kappa shape index (κ3) is 2.99. The smallest absolute Gasteiger partial charge is 0.182 e. The zero-order chi connectivity index (χ0) is 12.3. The van der Waals surface area contributed by atoms with E-state index in [9.17, 15) is 17.2 Å². The molecule has 1 aromatic carbocycles. The molecule has 2 N–H and O–H groups in total. The number of sulfone groups is 1. The largest absolute Gasteiger partial charge is 0.327 e. The monoisotopic (exact) mass is 249 g/mol. The van der Waals surface area contributed by atoms with Gasteiger partial charge in [0, 0.05) is 12.1 Å². The number of hydrogen-bond acceptors (Lipinski definition) is 3. The van der Waals surface area contributed by atoms with Gasteiger partial charge in [0.05, 0.1) is 5.75 Å². The summed E-state index contributed by atoms with van der Waals surface area (Å²) in [6.07, 6.45) is 0.474. The Morgan fingerprint density at radius 3 is 2.50 bits per heavy atom. The van der Waals surface area contributed by atoms with E-state index in [-0.39, 0.29) is 5.75 Å². The summed E-state index contributed by atoms with van der Waals surface area (Å²) in [5.74, 6) is -2.23. The molecule has 90 valence electrons. The second-order valence-corrected chi connectivity index (χ2v) is 5.53. The van der Waals surface area contributed by atoms with Gasteiger partial charge in [0.25, 0.3) is 0 Å². The van der Waals surface area contributed by atoms with Gasteiger partial charge in [0.15, 0.2) is 9.84 Å². The maximum Gasteiger partial charge on any atom is 0.182 e. The molecule has 6 heteroatoms. The van der Waals surface area contributed by atoms with Crippen molar-refractivity contribution in [3.63, 3.8) is 0 Å². The highest BCUT2D eigenvalue weighted by atomic mass is 32.2. The molecule has 0 fully saturated rings. The predicted molar refractivity (Wildman–Crippen MR) is 56.7 cm³/mol. The summed E-state index contributed by atoms with van der Waals surface area (Å²) in [7, 11) is -3.79. The minimum Gasteiger partial charge on any atom is -0.327 e. The normalized spacial score (nSPS) is 13.8. The van der Waals surface area contributed by atoms with E-state index >= 15 is 0 Å². The Morgan fingerprint density at radius 1 is 1.38 bits per heavy atom. The highest BCUT2D eigenvalue weighted by Gasteiger charge is 2.21. The van der Waals surface area contributed by atoms with Gasteiger partial charge in [-0.05, 0) is 18.6 Å². The molecule has 1 aromatic rings. The molecule has 0 aliphatic carbocycles. The third-order valence-corrected chi connectivity index (χ3v) is 4.06. The fourth-order valence-corrected chi connectivity index (χ4v) is 2.83. The lowest BCUT2D eigenvalue weighted by Crippen LogP contribution is -2.29. The van der Waals surface area contributed by atoms with Crippen molar-refractivity contribution >= 4 is 9.84 Å². The van der Waals surface area contributed by atoms with Crippen LogP contribution < -0.4 is 5.73 Å². The Labute approximate surface area is 93.2 Å². The fourth-order valence-electron chi connectivity index (χ4n) is 1.22. The maximum absolute atomic E-state index is 13.2. The van der Waals surface area contributed by atoms with E-state index in [2.05, 4.69) is 0 Å². The average molecular weight is 249 g/mol. The first-order valence-electron chi connectivity index (χ1n) is 4.80. The van der Waals surface area contributed by atoms with Crippen molar-refractivity contribution in [2.45, 2.75) is 24.3 Å². The summed E-state index contributed by atoms with van der Waals surface area (Å²) < 4.78 is 49.2. The van der Waals surface area contributed by atoms with E-state index < -0.39 is 32.4 Å². The molecular formula is C10H13F2NO2S. The van der Waals surface area contributed by atoms with Crippen LogP contribution in [-0.2, 0) is 9.84 Å². The predicted octanol–water partition coefficient (Wildman–Crippen LogP) is 1.48. The minimum atomic E-state index is -3.79. The van der Waals surface area contributed by atoms with Crippen LogP contribution in [0.5, 0.6) is 0 Å². The average Bonchev–Trinajstić information content (AvgIpc) is 2.16. The summed E-state index contributed by atoms with van der Waals surface area (Å²) in [5.41, 5.74) is 5.50. The van der Waals surface area contributed by atoms with E-state index in [1.165, 1.54) is 0 Å². The van der Waals surface area contributed by atoms with Crippen LogP contribution in [0.2, 0.25) is 0 Å². The summed E-state index contributed by atoms with van der Waals surface area (Å²) in [4.78, 5) is -0.502. The Balaban J connectivity index is 3.08. The van der Waals surface area contributed by atoms with E-state index in [1.54, 1.807) is 6.92 Å². The number of rotatable bonds is 4. The quantitative estimate of drug-likeness (QED) is 0.822. The number of hydrogen-bond donors (Lipinski definition) is 1. The zero-order valence-electron chi connectivity index (χ0n) is 8.78. The molecule has 0 aromatic heterocycles. The molecule has 0 bridgehead atoms. The van der Waals surface area contributed by atoms with E-state index in [0.29, 0.717) is 12.5 Å². The van der Waals surface area contributed by atoms with Crippen LogP contribution in [0, 0.1) is 11.6 Å². The lowest BCUT2D eigenvalue weighted by Gasteiger charge is -2.10. The molecule has 0 heterocycles. The summed E-state index contributed by atoms with van der Waals surface area (Å²) in [6, 6.07) is 1.83. The Kier molecular flexibility index (Phi) is 3.98. The van der Waals surface area contributed by atoms with Crippen molar-refractivity contribution in [2.75, 3.05) is 5.75 Å². The van der Waals surface area contributed by atoms with Crippen LogP contribution in [0.4, 0.5) is 8.78 Å². The SMILES string of the molecule is CCC(N)CS(=O)(=O)c1ccc(F)cc1F. The van der Waals surface area contributed by atoms with Gasteiger partial charge >= 0.3 is 0 Å². The first-order valence-corrected chi connectivity index (χ1v) is 6.45. The van der Waals surface area contributed by atoms with Crippen molar-refractivity contribution in [1.82, 2.24) is 0 Å². The summed E-state index contributed by atoms with van der Waals surface area (Å²) in [6.45, 7) is 1.74. The molecule has 0 aliphatic rings. The first kappa shape index (κ1) is 13.1. The van der Waals surface area contributed by atoms with Gasteiger partial charge in [0.2, 0.25) is 0 Å². The lowest BCUT2D eigenvalue weighted by atomic mass is 10.3. The van der Waals surface area contributed by atoms with Crippen LogP contribution in [0.3, 0.4) is 0 Å². The maximum atomic E-state index is 13.2. The first-order chi connectivity index (χ1) is 7.36. The Hall–Kier alpha value is -1.01. The Bertz CT molecular complexity index is 474. The van der Waals surface area contributed by atoms with Crippen LogP contribution >= 0.6 is 0 Å². The molecule has 1 atom stereocenters. The Morgan fingerprint density at radius 2 is 2.00 bits per heavy atom. The van der Waals surface area contributed by atoms with Crippen molar-refractivity contribution < 1.29 is 17.2 Å². The van der Waals surface area contributed by atoms with Gasteiger partial charge in [-0.25, -0.2) is 17.2 Å². The van der Waals surface area contributed by atoms with Gasteiger partial charge < -0.3 is 5.73 Å². The third-order valence-electron chi connectivity index (χ3n) is 2.19. The van der Waals surface area contributed by atoms with E-state index in [4.69, 9.17) is 5.73 Å². The highest BCUT2D eigenvalue weighted by Crippen LogP contribution is 2.17. The van der Waals surface area contributed by atoms with Gasteiger partial charge in [-0.3, -0.25) is 0 Å². The molecule has 0 aliphatic heterocycles. The molecule has 0 saturated heterocycles. The molecular weight excluding hydrogens is 236 g/mol. The second kappa shape index (κ2) is 4.88. The standard InChI is InChI=1S/C10H13F2NO2S/c1-2-8(13)6-16(14,15)10-4-3-7(11)5-9(10)12/h3-5,8H,2,6,13H2,1H3. The molecule has 0 spiro atoms. The van der Waals surface area contributed by atoms with Crippen molar-refractivity contribution in [1.29, 1.82) is 0 Å². The number of nitrogens with two attached hydrogens (primary N) is 1. The summed E-state index contributed by atoms with van der Waals surface area (Å²) in [5, 5.41) is 0. The van der Waals surface area contributed by atoms with Crippen LogP contribution in [0.25, 0.3) is 0 Å². The van der Waals surface area contributed by atoms with Gasteiger partial charge in [-0.15, -0.1) is 0 Å².